The molecule has 5 heteroatoms. The molecule has 3 aromatic rings. The summed E-state index contributed by atoms with van der Waals surface area (Å²) >= 11 is 0. The Hall–Kier alpha value is -3.60. The van der Waals surface area contributed by atoms with Crippen molar-refractivity contribution in [1.82, 2.24) is 5.32 Å². The van der Waals surface area contributed by atoms with E-state index in [1.54, 1.807) is 18.2 Å². The maximum Gasteiger partial charge on any atom is 0.251 e. The van der Waals surface area contributed by atoms with Crippen molar-refractivity contribution in [3.8, 4) is 0 Å². The van der Waals surface area contributed by atoms with E-state index in [1.165, 1.54) is 0 Å². The van der Waals surface area contributed by atoms with Gasteiger partial charge in [0.25, 0.3) is 5.91 Å². The lowest BCUT2D eigenvalue weighted by Gasteiger charge is -2.11. The second-order valence-corrected chi connectivity index (χ2v) is 6.97. The summed E-state index contributed by atoms with van der Waals surface area (Å²) in [4.78, 5) is 24.7. The first kappa shape index (κ1) is 20.1. The molecule has 0 saturated heterocycles. The van der Waals surface area contributed by atoms with Crippen molar-refractivity contribution in [2.24, 2.45) is 0 Å². The fraction of sp³-hybridized carbons (Fsp3) is 0.167. The Morgan fingerprint density at radius 2 is 1.66 bits per heavy atom. The van der Waals surface area contributed by atoms with Crippen LogP contribution in [0, 0.1) is 13.8 Å². The second-order valence-electron chi connectivity index (χ2n) is 6.97. The van der Waals surface area contributed by atoms with Crippen LogP contribution in [-0.2, 0) is 11.3 Å². The summed E-state index contributed by atoms with van der Waals surface area (Å²) < 4.78 is 0. The lowest BCUT2D eigenvalue weighted by molar-refractivity contribution is -0.114. The molecule has 5 nitrogen and oxygen atoms in total. The Morgan fingerprint density at radius 1 is 0.862 bits per heavy atom. The van der Waals surface area contributed by atoms with Gasteiger partial charge in [0.15, 0.2) is 0 Å². The van der Waals surface area contributed by atoms with Crippen LogP contribution < -0.4 is 16.0 Å². The molecule has 0 aliphatic rings. The highest BCUT2D eigenvalue weighted by Gasteiger charge is 2.08. The van der Waals surface area contributed by atoms with Gasteiger partial charge in [0.1, 0.15) is 0 Å². The van der Waals surface area contributed by atoms with E-state index in [-0.39, 0.29) is 18.4 Å². The van der Waals surface area contributed by atoms with Gasteiger partial charge in [-0.05, 0) is 54.8 Å². The normalized spacial score (nSPS) is 10.3. The van der Waals surface area contributed by atoms with Gasteiger partial charge in [0.2, 0.25) is 5.91 Å². The zero-order chi connectivity index (χ0) is 20.6. The molecule has 0 spiro atoms. The highest BCUT2D eigenvalue weighted by molar-refractivity contribution is 5.96. The Labute approximate surface area is 171 Å². The van der Waals surface area contributed by atoms with E-state index < -0.39 is 0 Å². The first-order valence-corrected chi connectivity index (χ1v) is 9.54. The van der Waals surface area contributed by atoms with Crippen LogP contribution in [-0.4, -0.2) is 18.4 Å². The van der Waals surface area contributed by atoms with E-state index in [0.29, 0.717) is 17.8 Å². The number of anilines is 2. The predicted molar refractivity (Wildman–Crippen MR) is 117 cm³/mol. The van der Waals surface area contributed by atoms with Crippen LogP contribution in [0.4, 0.5) is 11.4 Å². The van der Waals surface area contributed by atoms with Crippen LogP contribution in [0.5, 0.6) is 0 Å². The minimum Gasteiger partial charge on any atom is -0.376 e. The lowest BCUT2D eigenvalue weighted by atomic mass is 10.1. The highest BCUT2D eigenvalue weighted by atomic mass is 16.2. The van der Waals surface area contributed by atoms with Gasteiger partial charge in [-0.1, -0.05) is 48.5 Å². The monoisotopic (exact) mass is 387 g/mol. The molecule has 0 unspecified atom stereocenters. The largest absolute Gasteiger partial charge is 0.376 e. The maximum absolute atomic E-state index is 12.4. The molecular weight excluding hydrogens is 362 g/mol. The summed E-state index contributed by atoms with van der Waals surface area (Å²) in [5, 5.41) is 8.90. The van der Waals surface area contributed by atoms with Crippen molar-refractivity contribution in [2.45, 2.75) is 20.4 Å². The van der Waals surface area contributed by atoms with Crippen LogP contribution in [0.25, 0.3) is 0 Å². The summed E-state index contributed by atoms with van der Waals surface area (Å²) in [5.74, 6) is -0.296. The molecule has 0 saturated carbocycles. The first-order valence-electron chi connectivity index (χ1n) is 9.54. The number of hydrogen-bond donors (Lipinski definition) is 3. The van der Waals surface area contributed by atoms with Crippen LogP contribution in [0.3, 0.4) is 0 Å². The third kappa shape index (κ3) is 5.94. The van der Waals surface area contributed by atoms with Crippen LogP contribution >= 0.6 is 0 Å². The summed E-state index contributed by atoms with van der Waals surface area (Å²) in [6, 6.07) is 22.8. The van der Waals surface area contributed by atoms with Gasteiger partial charge in [0, 0.05) is 23.5 Å². The topological polar surface area (TPSA) is 70.2 Å². The van der Waals surface area contributed by atoms with Crippen molar-refractivity contribution in [1.29, 1.82) is 0 Å². The van der Waals surface area contributed by atoms with Crippen molar-refractivity contribution in [3.63, 3.8) is 0 Å². The molecule has 0 heterocycles. The van der Waals surface area contributed by atoms with Gasteiger partial charge < -0.3 is 16.0 Å². The second kappa shape index (κ2) is 9.55. The SMILES string of the molecule is Cc1ccc(C)c(NC(=O)CNc2cccc(C(=O)NCc3ccccc3)c2)c1. The van der Waals surface area contributed by atoms with Gasteiger partial charge in [0.05, 0.1) is 6.54 Å². The number of hydrogen-bond acceptors (Lipinski definition) is 3. The fourth-order valence-electron chi connectivity index (χ4n) is 2.90. The first-order chi connectivity index (χ1) is 14.0. The molecule has 3 N–H and O–H groups in total. The Kier molecular flexibility index (Phi) is 6.63. The number of rotatable bonds is 7. The molecular formula is C24H25N3O2. The fourth-order valence-corrected chi connectivity index (χ4v) is 2.90. The van der Waals surface area contributed by atoms with Crippen LogP contribution in [0.15, 0.2) is 72.8 Å². The zero-order valence-corrected chi connectivity index (χ0v) is 16.7. The average Bonchev–Trinajstić information content (AvgIpc) is 2.74. The smallest absolute Gasteiger partial charge is 0.251 e. The molecule has 0 radical (unpaired) electrons. The third-order valence-electron chi connectivity index (χ3n) is 4.54. The van der Waals surface area contributed by atoms with Crippen molar-refractivity contribution >= 4 is 23.2 Å². The van der Waals surface area contributed by atoms with Gasteiger partial charge in [-0.3, -0.25) is 9.59 Å². The average molecular weight is 387 g/mol. The molecule has 148 valence electrons. The number of carbonyl (C=O) groups excluding carboxylic acids is 2. The molecule has 0 bridgehead atoms. The Balaban J connectivity index is 1.54. The zero-order valence-electron chi connectivity index (χ0n) is 16.7. The summed E-state index contributed by atoms with van der Waals surface area (Å²) in [7, 11) is 0. The lowest BCUT2D eigenvalue weighted by Crippen LogP contribution is -2.24. The number of amides is 2. The summed E-state index contributed by atoms with van der Waals surface area (Å²) in [5.41, 5.74) is 5.22. The molecule has 0 aliphatic carbocycles. The molecule has 3 aromatic carbocycles. The van der Waals surface area contributed by atoms with E-state index in [4.69, 9.17) is 0 Å². The quantitative estimate of drug-likeness (QED) is 0.567. The molecule has 29 heavy (non-hydrogen) atoms. The molecule has 0 aliphatic heterocycles. The number of benzene rings is 3. The van der Waals surface area contributed by atoms with Crippen molar-refractivity contribution in [3.05, 3.63) is 95.1 Å². The van der Waals surface area contributed by atoms with Crippen LogP contribution in [0.1, 0.15) is 27.0 Å². The number of nitrogens with one attached hydrogen (secondary N) is 3. The van der Waals surface area contributed by atoms with Crippen LogP contribution in [0.2, 0.25) is 0 Å². The molecule has 0 atom stereocenters. The minimum atomic E-state index is -0.155. The molecule has 2 amide bonds. The summed E-state index contributed by atoms with van der Waals surface area (Å²) in [6.07, 6.45) is 0. The molecule has 0 aromatic heterocycles. The van der Waals surface area contributed by atoms with Gasteiger partial charge >= 0.3 is 0 Å². The van der Waals surface area contributed by atoms with Crippen molar-refractivity contribution in [2.75, 3.05) is 17.2 Å². The van der Waals surface area contributed by atoms with Gasteiger partial charge in [-0.2, -0.15) is 0 Å². The van der Waals surface area contributed by atoms with Gasteiger partial charge in [-0.25, -0.2) is 0 Å². The predicted octanol–water partition coefficient (Wildman–Crippen LogP) is 4.28. The Bertz CT molecular complexity index is 1000. The van der Waals surface area contributed by atoms with E-state index in [1.807, 2.05) is 68.4 Å². The minimum absolute atomic E-state index is 0.114. The van der Waals surface area contributed by atoms with E-state index >= 15 is 0 Å². The number of aryl methyl sites for hydroxylation is 2. The van der Waals surface area contributed by atoms with E-state index in [9.17, 15) is 9.59 Å². The summed E-state index contributed by atoms with van der Waals surface area (Å²) in [6.45, 7) is 4.53. The molecule has 3 rings (SSSR count). The molecule has 0 fully saturated rings. The number of carbonyl (C=O) groups is 2. The standard InChI is InChI=1S/C24H25N3O2/c1-17-11-12-18(2)22(13-17)27-23(28)16-25-21-10-6-9-20(14-21)24(29)26-15-19-7-4-3-5-8-19/h3-14,25H,15-16H2,1-2H3,(H,26,29)(H,27,28). The van der Waals surface area contributed by atoms with E-state index in [2.05, 4.69) is 16.0 Å². The third-order valence-corrected chi connectivity index (χ3v) is 4.54. The highest BCUT2D eigenvalue weighted by Crippen LogP contribution is 2.16. The van der Waals surface area contributed by atoms with E-state index in [0.717, 1.165) is 22.4 Å². The maximum atomic E-state index is 12.4. The van der Waals surface area contributed by atoms with Crippen molar-refractivity contribution < 1.29 is 9.59 Å². The van der Waals surface area contributed by atoms with Gasteiger partial charge in [-0.15, -0.1) is 0 Å². The Morgan fingerprint density at radius 3 is 2.45 bits per heavy atom.